The molecule has 0 heterocycles. The molecule has 0 bridgehead atoms. The number of carbonyl (C=O) groups is 1. The number of hydrogen-bond acceptors (Lipinski definition) is 2. The molecule has 0 aliphatic rings. The minimum absolute atomic E-state index is 0.153. The molecule has 0 spiro atoms. The Labute approximate surface area is 171 Å². The standard InChI is InChI=1S/C22H27ClFN3O/c1-7-27(6)14-25-20-11-15(2)18(13-19(20)23)22(3,21(28)26(4)5)16-9-8-10-17(24)12-16/h8-14H,7H2,1-6H3. The van der Waals surface area contributed by atoms with E-state index in [-0.39, 0.29) is 11.7 Å². The Balaban J connectivity index is 2.66. The van der Waals surface area contributed by atoms with Crippen molar-refractivity contribution < 1.29 is 9.18 Å². The number of rotatable bonds is 6. The summed E-state index contributed by atoms with van der Waals surface area (Å²) in [4.78, 5) is 21.1. The number of aryl methyl sites for hydroxylation is 1. The summed E-state index contributed by atoms with van der Waals surface area (Å²) in [5, 5.41) is 0.440. The average molecular weight is 404 g/mol. The summed E-state index contributed by atoms with van der Waals surface area (Å²) >= 11 is 6.51. The van der Waals surface area contributed by atoms with Gasteiger partial charge in [0, 0.05) is 27.7 Å². The van der Waals surface area contributed by atoms with Crippen LogP contribution in [0.2, 0.25) is 5.02 Å². The average Bonchev–Trinajstić information content (AvgIpc) is 2.66. The van der Waals surface area contributed by atoms with Crippen LogP contribution in [0.15, 0.2) is 41.4 Å². The summed E-state index contributed by atoms with van der Waals surface area (Å²) in [5.74, 6) is -0.540. The second kappa shape index (κ2) is 8.74. The van der Waals surface area contributed by atoms with Crippen molar-refractivity contribution >= 4 is 29.5 Å². The zero-order valence-electron chi connectivity index (χ0n) is 17.3. The summed E-state index contributed by atoms with van der Waals surface area (Å²) in [5.41, 5.74) is 1.71. The lowest BCUT2D eigenvalue weighted by atomic mass is 9.73. The molecule has 0 saturated heterocycles. The van der Waals surface area contributed by atoms with Crippen LogP contribution in [0.4, 0.5) is 10.1 Å². The van der Waals surface area contributed by atoms with Crippen molar-refractivity contribution in [2.75, 3.05) is 27.7 Å². The van der Waals surface area contributed by atoms with E-state index in [1.807, 2.05) is 31.9 Å². The molecule has 4 nitrogen and oxygen atoms in total. The molecule has 0 aliphatic heterocycles. The van der Waals surface area contributed by atoms with E-state index in [0.717, 1.165) is 17.7 Å². The van der Waals surface area contributed by atoms with Crippen molar-refractivity contribution in [3.63, 3.8) is 0 Å². The van der Waals surface area contributed by atoms with Crippen molar-refractivity contribution in [3.05, 3.63) is 63.9 Å². The lowest BCUT2D eigenvalue weighted by molar-refractivity contribution is -0.132. The Morgan fingerprint density at radius 2 is 1.93 bits per heavy atom. The maximum atomic E-state index is 14.0. The van der Waals surface area contributed by atoms with E-state index in [2.05, 4.69) is 4.99 Å². The highest BCUT2D eigenvalue weighted by Crippen LogP contribution is 2.40. The second-order valence-electron chi connectivity index (χ2n) is 7.27. The molecule has 1 unspecified atom stereocenters. The fourth-order valence-corrected chi connectivity index (χ4v) is 3.40. The Morgan fingerprint density at radius 1 is 1.25 bits per heavy atom. The first kappa shape index (κ1) is 21.9. The van der Waals surface area contributed by atoms with Gasteiger partial charge in [-0.25, -0.2) is 9.38 Å². The third-order valence-electron chi connectivity index (χ3n) is 4.96. The molecule has 0 aromatic heterocycles. The molecule has 0 N–H and O–H groups in total. The lowest BCUT2D eigenvalue weighted by Crippen LogP contribution is -2.43. The van der Waals surface area contributed by atoms with Crippen LogP contribution >= 0.6 is 11.6 Å². The van der Waals surface area contributed by atoms with Gasteiger partial charge in [-0.2, -0.15) is 0 Å². The molecule has 0 radical (unpaired) electrons. The first-order valence-electron chi connectivity index (χ1n) is 9.14. The normalized spacial score (nSPS) is 13.4. The molecule has 2 aromatic carbocycles. The summed E-state index contributed by atoms with van der Waals surface area (Å²) < 4.78 is 14.0. The number of hydrogen-bond donors (Lipinski definition) is 0. The topological polar surface area (TPSA) is 35.9 Å². The van der Waals surface area contributed by atoms with Crippen LogP contribution in [0.1, 0.15) is 30.5 Å². The van der Waals surface area contributed by atoms with Gasteiger partial charge in [0.15, 0.2) is 0 Å². The minimum atomic E-state index is -1.08. The number of halogens is 2. The van der Waals surface area contributed by atoms with E-state index in [9.17, 15) is 9.18 Å². The third kappa shape index (κ3) is 4.36. The van der Waals surface area contributed by atoms with E-state index in [1.165, 1.54) is 17.0 Å². The summed E-state index contributed by atoms with van der Waals surface area (Å²) in [6.45, 7) is 6.57. The SMILES string of the molecule is CCN(C)C=Nc1cc(C)c(C(C)(C(=O)N(C)C)c2cccc(F)c2)cc1Cl. The molecule has 0 saturated carbocycles. The van der Waals surface area contributed by atoms with Crippen LogP contribution < -0.4 is 0 Å². The molecule has 1 atom stereocenters. The molecular formula is C22H27ClFN3O. The van der Waals surface area contributed by atoms with Gasteiger partial charge < -0.3 is 9.80 Å². The minimum Gasteiger partial charge on any atom is -0.366 e. The zero-order chi connectivity index (χ0) is 21.1. The Morgan fingerprint density at radius 3 is 2.50 bits per heavy atom. The fraction of sp³-hybridized carbons (Fsp3) is 0.364. The van der Waals surface area contributed by atoms with Crippen molar-refractivity contribution in [1.29, 1.82) is 0 Å². The monoisotopic (exact) mass is 403 g/mol. The highest BCUT2D eigenvalue weighted by molar-refractivity contribution is 6.33. The van der Waals surface area contributed by atoms with Gasteiger partial charge in [0.05, 0.1) is 22.5 Å². The van der Waals surface area contributed by atoms with Crippen molar-refractivity contribution in [1.82, 2.24) is 9.80 Å². The fourth-order valence-electron chi connectivity index (χ4n) is 3.19. The van der Waals surface area contributed by atoms with E-state index in [0.29, 0.717) is 16.3 Å². The highest BCUT2D eigenvalue weighted by Gasteiger charge is 2.40. The first-order chi connectivity index (χ1) is 13.1. The molecule has 0 aliphatic carbocycles. The zero-order valence-corrected chi connectivity index (χ0v) is 18.0. The largest absolute Gasteiger partial charge is 0.366 e. The van der Waals surface area contributed by atoms with Crippen LogP contribution in [0.5, 0.6) is 0 Å². The smallest absolute Gasteiger partial charge is 0.236 e. The molecule has 28 heavy (non-hydrogen) atoms. The molecular weight excluding hydrogens is 377 g/mol. The van der Waals surface area contributed by atoms with Gasteiger partial charge in [-0.05, 0) is 61.7 Å². The summed E-state index contributed by atoms with van der Waals surface area (Å²) in [6.07, 6.45) is 1.72. The first-order valence-corrected chi connectivity index (χ1v) is 9.51. The van der Waals surface area contributed by atoms with Gasteiger partial charge in [-0.1, -0.05) is 23.7 Å². The summed E-state index contributed by atoms with van der Waals surface area (Å²) in [7, 11) is 5.31. The maximum absolute atomic E-state index is 14.0. The lowest BCUT2D eigenvalue weighted by Gasteiger charge is -2.33. The second-order valence-corrected chi connectivity index (χ2v) is 7.68. The van der Waals surface area contributed by atoms with E-state index in [4.69, 9.17) is 11.6 Å². The van der Waals surface area contributed by atoms with Gasteiger partial charge in [0.25, 0.3) is 0 Å². The highest BCUT2D eigenvalue weighted by atomic mass is 35.5. The van der Waals surface area contributed by atoms with Crippen molar-refractivity contribution in [2.24, 2.45) is 4.99 Å². The molecule has 2 rings (SSSR count). The number of aliphatic imine (C=N–C) groups is 1. The van der Waals surface area contributed by atoms with Crippen LogP contribution in [0, 0.1) is 12.7 Å². The Bertz CT molecular complexity index is 897. The number of likely N-dealkylation sites (N-methyl/N-ethyl adjacent to an activating group) is 1. The molecule has 6 heteroatoms. The molecule has 1 amide bonds. The van der Waals surface area contributed by atoms with Crippen LogP contribution in [0.3, 0.4) is 0 Å². The molecule has 2 aromatic rings. The van der Waals surface area contributed by atoms with Gasteiger partial charge in [0.1, 0.15) is 5.82 Å². The quantitative estimate of drug-likeness (QED) is 0.513. The Kier molecular flexibility index (Phi) is 6.83. The summed E-state index contributed by atoms with van der Waals surface area (Å²) in [6, 6.07) is 9.77. The number of carbonyl (C=O) groups excluding carboxylic acids is 1. The predicted molar refractivity (Wildman–Crippen MR) is 114 cm³/mol. The Hall–Kier alpha value is -2.40. The molecule has 150 valence electrons. The van der Waals surface area contributed by atoms with Gasteiger partial charge in [0.2, 0.25) is 5.91 Å². The van der Waals surface area contributed by atoms with Crippen molar-refractivity contribution in [2.45, 2.75) is 26.2 Å². The van der Waals surface area contributed by atoms with Gasteiger partial charge in [-0.3, -0.25) is 4.79 Å². The molecule has 0 fully saturated rings. The van der Waals surface area contributed by atoms with Gasteiger partial charge >= 0.3 is 0 Å². The number of nitrogens with zero attached hydrogens (tertiary/aromatic N) is 3. The van der Waals surface area contributed by atoms with Gasteiger partial charge in [-0.15, -0.1) is 0 Å². The van der Waals surface area contributed by atoms with E-state index >= 15 is 0 Å². The number of amides is 1. The van der Waals surface area contributed by atoms with Crippen LogP contribution in [-0.4, -0.2) is 49.7 Å². The van der Waals surface area contributed by atoms with E-state index in [1.54, 1.807) is 45.6 Å². The van der Waals surface area contributed by atoms with E-state index < -0.39 is 5.41 Å². The van der Waals surface area contributed by atoms with Crippen molar-refractivity contribution in [3.8, 4) is 0 Å². The van der Waals surface area contributed by atoms with Crippen LogP contribution in [-0.2, 0) is 10.2 Å². The maximum Gasteiger partial charge on any atom is 0.236 e. The predicted octanol–water partition coefficient (Wildman–Crippen LogP) is 4.79. The number of benzene rings is 2. The third-order valence-corrected chi connectivity index (χ3v) is 5.26. The van der Waals surface area contributed by atoms with Crippen LogP contribution in [0.25, 0.3) is 0 Å².